The number of hydrogen-bond acceptors (Lipinski definition) is 3. The molecule has 0 saturated heterocycles. The summed E-state index contributed by atoms with van der Waals surface area (Å²) in [4.78, 5) is 4.34. The van der Waals surface area contributed by atoms with Crippen molar-refractivity contribution in [3.05, 3.63) is 59.9 Å². The van der Waals surface area contributed by atoms with Gasteiger partial charge in [-0.05, 0) is 36.4 Å². The van der Waals surface area contributed by atoms with E-state index in [2.05, 4.69) is 4.99 Å². The molecular weight excluding hydrogens is 279 g/mol. The first-order chi connectivity index (χ1) is 9.36. The molecule has 0 atom stereocenters. The van der Waals surface area contributed by atoms with Gasteiger partial charge in [0.05, 0.1) is 10.6 Å². The Kier molecular flexibility index (Phi) is 3.85. The van der Waals surface area contributed by atoms with Gasteiger partial charge in [-0.3, -0.25) is 0 Å². The van der Waals surface area contributed by atoms with Crippen LogP contribution in [0.15, 0.2) is 58.4 Å². The Morgan fingerprint density at radius 2 is 1.80 bits per heavy atom. The van der Waals surface area contributed by atoms with Crippen LogP contribution in [0.3, 0.4) is 0 Å². The first kappa shape index (κ1) is 14.2. The van der Waals surface area contributed by atoms with Crippen molar-refractivity contribution in [1.82, 2.24) is 0 Å². The van der Waals surface area contributed by atoms with Crippen molar-refractivity contribution >= 4 is 21.4 Å². The minimum atomic E-state index is -3.24. The van der Waals surface area contributed by atoms with Crippen LogP contribution in [-0.2, 0) is 9.84 Å². The number of sulfone groups is 1. The lowest BCUT2D eigenvalue weighted by Gasteiger charge is -2.02. The summed E-state index contributed by atoms with van der Waals surface area (Å²) in [5.41, 5.74) is 6.75. The lowest BCUT2D eigenvalue weighted by atomic mass is 10.2. The van der Waals surface area contributed by atoms with Gasteiger partial charge in [0.15, 0.2) is 9.84 Å². The highest BCUT2D eigenvalue weighted by atomic mass is 32.2. The van der Waals surface area contributed by atoms with Crippen molar-refractivity contribution in [2.45, 2.75) is 4.90 Å². The lowest BCUT2D eigenvalue weighted by Crippen LogP contribution is -2.12. The van der Waals surface area contributed by atoms with Gasteiger partial charge in [-0.1, -0.05) is 12.1 Å². The van der Waals surface area contributed by atoms with E-state index in [1.807, 2.05) is 0 Å². The minimum Gasteiger partial charge on any atom is -0.383 e. The first-order valence-corrected chi connectivity index (χ1v) is 7.65. The monoisotopic (exact) mass is 292 g/mol. The normalized spacial score (nSPS) is 12.4. The molecule has 6 heteroatoms. The van der Waals surface area contributed by atoms with E-state index in [9.17, 15) is 12.8 Å². The molecule has 2 rings (SSSR count). The van der Waals surface area contributed by atoms with Gasteiger partial charge in [0.25, 0.3) is 0 Å². The van der Waals surface area contributed by atoms with Gasteiger partial charge >= 0.3 is 0 Å². The number of benzene rings is 2. The van der Waals surface area contributed by atoms with E-state index in [0.29, 0.717) is 11.3 Å². The van der Waals surface area contributed by atoms with Gasteiger partial charge in [-0.15, -0.1) is 0 Å². The van der Waals surface area contributed by atoms with Crippen LogP contribution in [0.25, 0.3) is 0 Å². The lowest BCUT2D eigenvalue weighted by molar-refractivity contribution is 0.602. The van der Waals surface area contributed by atoms with Gasteiger partial charge < -0.3 is 5.73 Å². The maximum absolute atomic E-state index is 13.1. The van der Waals surface area contributed by atoms with E-state index < -0.39 is 15.7 Å². The summed E-state index contributed by atoms with van der Waals surface area (Å²) in [6.45, 7) is 0. The number of aliphatic imine (C=N–C) groups is 1. The summed E-state index contributed by atoms with van der Waals surface area (Å²) >= 11 is 0. The summed E-state index contributed by atoms with van der Waals surface area (Å²) in [7, 11) is -3.24. The number of amidine groups is 1. The maximum atomic E-state index is 13.1. The van der Waals surface area contributed by atoms with Crippen LogP contribution in [0.4, 0.5) is 10.1 Å². The zero-order valence-electron chi connectivity index (χ0n) is 10.7. The zero-order chi connectivity index (χ0) is 14.8. The Hall–Kier alpha value is -2.21. The van der Waals surface area contributed by atoms with Crippen LogP contribution in [0.2, 0.25) is 0 Å². The van der Waals surface area contributed by atoms with Gasteiger partial charge in [0, 0.05) is 11.8 Å². The second-order valence-electron chi connectivity index (χ2n) is 4.27. The third-order valence-corrected chi connectivity index (χ3v) is 3.76. The molecule has 0 saturated carbocycles. The molecule has 20 heavy (non-hydrogen) atoms. The molecule has 0 unspecified atom stereocenters. The Bertz CT molecular complexity index is 753. The Balaban J connectivity index is 2.31. The molecular formula is C14H13FN2O2S. The molecule has 0 aliphatic heterocycles. The summed E-state index contributed by atoms with van der Waals surface area (Å²) in [6, 6.07) is 11.8. The van der Waals surface area contributed by atoms with Crippen molar-refractivity contribution in [2.24, 2.45) is 10.7 Å². The van der Waals surface area contributed by atoms with Gasteiger partial charge in [-0.2, -0.15) is 0 Å². The van der Waals surface area contributed by atoms with Crippen LogP contribution in [0.1, 0.15) is 5.56 Å². The summed E-state index contributed by atoms with van der Waals surface area (Å²) in [5, 5.41) is 0. The van der Waals surface area contributed by atoms with Crippen LogP contribution < -0.4 is 5.73 Å². The maximum Gasteiger partial charge on any atom is 0.175 e. The Morgan fingerprint density at radius 3 is 2.35 bits per heavy atom. The van der Waals surface area contributed by atoms with E-state index in [4.69, 9.17) is 5.73 Å². The third-order valence-electron chi connectivity index (χ3n) is 2.63. The quantitative estimate of drug-likeness (QED) is 0.696. The van der Waals surface area contributed by atoms with Crippen molar-refractivity contribution in [2.75, 3.05) is 6.26 Å². The fourth-order valence-corrected chi connectivity index (χ4v) is 2.25. The fourth-order valence-electron chi connectivity index (χ4n) is 1.62. The molecule has 0 heterocycles. The van der Waals surface area contributed by atoms with Gasteiger partial charge in [-0.25, -0.2) is 17.8 Å². The van der Waals surface area contributed by atoms with Gasteiger partial charge in [0.1, 0.15) is 11.7 Å². The highest BCUT2D eigenvalue weighted by Crippen LogP contribution is 2.17. The molecule has 0 radical (unpaired) electrons. The molecule has 0 fully saturated rings. The number of rotatable bonds is 3. The average Bonchev–Trinajstić information content (AvgIpc) is 2.38. The summed E-state index contributed by atoms with van der Waals surface area (Å²) in [6.07, 6.45) is 1.13. The van der Waals surface area contributed by atoms with E-state index in [0.717, 1.165) is 6.26 Å². The fraction of sp³-hybridized carbons (Fsp3) is 0.0714. The topological polar surface area (TPSA) is 72.5 Å². The van der Waals surface area contributed by atoms with E-state index >= 15 is 0 Å². The van der Waals surface area contributed by atoms with E-state index in [1.165, 1.54) is 24.3 Å². The highest BCUT2D eigenvalue weighted by molar-refractivity contribution is 7.90. The first-order valence-electron chi connectivity index (χ1n) is 5.76. The van der Waals surface area contributed by atoms with Crippen LogP contribution in [0, 0.1) is 5.82 Å². The number of hydrogen-bond donors (Lipinski definition) is 1. The molecule has 0 amide bonds. The third kappa shape index (κ3) is 3.42. The van der Waals surface area contributed by atoms with Crippen molar-refractivity contribution in [1.29, 1.82) is 0 Å². The minimum absolute atomic E-state index is 0.164. The van der Waals surface area contributed by atoms with Crippen LogP contribution >= 0.6 is 0 Å². The molecule has 0 aromatic heterocycles. The second kappa shape index (κ2) is 5.42. The van der Waals surface area contributed by atoms with Gasteiger partial charge in [0.2, 0.25) is 0 Å². The second-order valence-corrected chi connectivity index (χ2v) is 6.29. The molecule has 2 aromatic rings. The number of nitrogens with zero attached hydrogens (tertiary/aromatic N) is 1. The Morgan fingerprint density at radius 1 is 1.15 bits per heavy atom. The molecule has 0 spiro atoms. The molecule has 4 nitrogen and oxygen atoms in total. The SMILES string of the molecule is CS(=O)(=O)c1ccc(N=C(N)c2cccc(F)c2)cc1. The molecule has 0 bridgehead atoms. The predicted octanol–water partition coefficient (Wildman–Crippen LogP) is 2.27. The molecule has 2 aromatic carbocycles. The molecule has 0 aliphatic rings. The number of nitrogens with two attached hydrogens (primary N) is 1. The predicted molar refractivity (Wildman–Crippen MR) is 76.3 cm³/mol. The molecule has 104 valence electrons. The molecule has 0 aliphatic carbocycles. The Labute approximate surface area is 116 Å². The number of halogens is 1. The summed E-state index contributed by atoms with van der Waals surface area (Å²) in [5.74, 6) is -0.232. The zero-order valence-corrected chi connectivity index (χ0v) is 11.6. The van der Waals surface area contributed by atoms with E-state index in [-0.39, 0.29) is 10.7 Å². The van der Waals surface area contributed by atoms with Crippen molar-refractivity contribution in [3.8, 4) is 0 Å². The standard InChI is InChI=1S/C14H13FN2O2S/c1-20(18,19)13-7-5-12(6-8-13)17-14(16)10-3-2-4-11(15)9-10/h2-9H,1H3,(H2,16,17). The van der Waals surface area contributed by atoms with Crippen LogP contribution in [0.5, 0.6) is 0 Å². The van der Waals surface area contributed by atoms with E-state index in [1.54, 1.807) is 24.3 Å². The highest BCUT2D eigenvalue weighted by Gasteiger charge is 2.06. The smallest absolute Gasteiger partial charge is 0.175 e. The summed E-state index contributed by atoms with van der Waals surface area (Å²) < 4.78 is 35.7. The van der Waals surface area contributed by atoms with Crippen molar-refractivity contribution in [3.63, 3.8) is 0 Å². The molecule has 2 N–H and O–H groups in total. The van der Waals surface area contributed by atoms with Crippen LogP contribution in [-0.4, -0.2) is 20.5 Å². The van der Waals surface area contributed by atoms with Crippen molar-refractivity contribution < 1.29 is 12.8 Å². The largest absolute Gasteiger partial charge is 0.383 e. The average molecular weight is 292 g/mol.